The second-order valence-electron chi connectivity index (χ2n) is 7.15. The maximum atomic E-state index is 11.4. The van der Waals surface area contributed by atoms with Gasteiger partial charge in [-0.25, -0.2) is 0 Å². The third kappa shape index (κ3) is 1.31. The fraction of sp³-hybridized carbons (Fsp3) is 0.800. The van der Waals surface area contributed by atoms with Gasteiger partial charge in [0.05, 0.1) is 11.0 Å². The summed E-state index contributed by atoms with van der Waals surface area (Å²) < 4.78 is 0. The molecule has 3 rings (SSSR count). The van der Waals surface area contributed by atoms with Gasteiger partial charge in [-0.15, -0.1) is 0 Å². The Morgan fingerprint density at radius 2 is 1.89 bits per heavy atom. The largest absolute Gasteiger partial charge is 0.481 e. The third-order valence-electron chi connectivity index (χ3n) is 5.91. The average Bonchev–Trinajstić information content (AvgIpc) is 2.98. The van der Waals surface area contributed by atoms with E-state index in [4.69, 9.17) is 0 Å². The first-order valence-corrected chi connectivity index (χ1v) is 6.88. The van der Waals surface area contributed by atoms with Crippen molar-refractivity contribution in [1.82, 2.24) is 0 Å². The van der Waals surface area contributed by atoms with E-state index in [1.165, 1.54) is 11.1 Å². The van der Waals surface area contributed by atoms with Crippen LogP contribution in [0.15, 0.2) is 11.1 Å². The van der Waals surface area contributed by atoms with Crippen LogP contribution >= 0.6 is 0 Å². The molecule has 0 aromatic carbocycles. The van der Waals surface area contributed by atoms with Crippen LogP contribution in [0.2, 0.25) is 0 Å². The fourth-order valence-electron chi connectivity index (χ4n) is 4.53. The summed E-state index contributed by atoms with van der Waals surface area (Å²) in [6, 6.07) is 0. The molecule has 2 saturated carbocycles. The van der Waals surface area contributed by atoms with Gasteiger partial charge in [0.25, 0.3) is 0 Å². The Hall–Kier alpha value is -0.830. The SMILES string of the molecule is CC1=C2CC(C)(C(=O)O)CC2CC(C)(O)C12CC2. The van der Waals surface area contributed by atoms with Crippen molar-refractivity contribution in [3.05, 3.63) is 11.1 Å². The molecule has 0 aromatic heterocycles. The number of aliphatic hydroxyl groups is 1. The van der Waals surface area contributed by atoms with Gasteiger partial charge < -0.3 is 10.2 Å². The molecule has 0 bridgehead atoms. The number of hydrogen-bond donors (Lipinski definition) is 2. The summed E-state index contributed by atoms with van der Waals surface area (Å²) in [5.41, 5.74) is 1.34. The van der Waals surface area contributed by atoms with Crippen molar-refractivity contribution in [3.63, 3.8) is 0 Å². The first-order valence-electron chi connectivity index (χ1n) is 6.88. The number of carboxylic acids is 1. The highest BCUT2D eigenvalue weighted by molar-refractivity contribution is 5.75. The maximum absolute atomic E-state index is 11.4. The van der Waals surface area contributed by atoms with E-state index in [9.17, 15) is 15.0 Å². The van der Waals surface area contributed by atoms with Gasteiger partial charge in [0, 0.05) is 5.41 Å². The van der Waals surface area contributed by atoms with Crippen LogP contribution in [0.4, 0.5) is 0 Å². The summed E-state index contributed by atoms with van der Waals surface area (Å²) in [6.45, 7) is 5.91. The molecule has 3 aliphatic rings. The second-order valence-corrected chi connectivity index (χ2v) is 7.15. The molecule has 2 fully saturated rings. The molecule has 1 spiro atoms. The number of carbonyl (C=O) groups is 1. The van der Waals surface area contributed by atoms with Crippen LogP contribution in [0.25, 0.3) is 0 Å². The van der Waals surface area contributed by atoms with E-state index in [2.05, 4.69) is 6.92 Å². The van der Waals surface area contributed by atoms with Crippen LogP contribution in [0.1, 0.15) is 52.9 Å². The summed E-state index contributed by atoms with van der Waals surface area (Å²) in [5, 5.41) is 20.1. The van der Waals surface area contributed by atoms with E-state index >= 15 is 0 Å². The monoisotopic (exact) mass is 250 g/mol. The molecule has 3 heteroatoms. The van der Waals surface area contributed by atoms with Crippen molar-refractivity contribution >= 4 is 5.97 Å². The van der Waals surface area contributed by atoms with E-state index in [1.807, 2.05) is 13.8 Å². The van der Waals surface area contributed by atoms with Crippen molar-refractivity contribution in [2.24, 2.45) is 16.7 Å². The molecule has 0 heterocycles. The van der Waals surface area contributed by atoms with Gasteiger partial charge in [0.1, 0.15) is 0 Å². The summed E-state index contributed by atoms with van der Waals surface area (Å²) in [7, 11) is 0. The van der Waals surface area contributed by atoms with Crippen LogP contribution in [0.5, 0.6) is 0 Å². The van der Waals surface area contributed by atoms with Crippen LogP contribution in [-0.4, -0.2) is 21.8 Å². The molecule has 0 amide bonds. The standard InChI is InChI=1S/C15H22O3/c1-9-11-8-13(2,12(16)17)6-10(11)7-14(3,18)15(9)4-5-15/h10,18H,4-8H2,1-3H3,(H,16,17). The zero-order chi connectivity index (χ0) is 13.3. The zero-order valence-electron chi connectivity index (χ0n) is 11.4. The Labute approximate surface area is 108 Å². The summed E-state index contributed by atoms with van der Waals surface area (Å²) >= 11 is 0. The lowest BCUT2D eigenvalue weighted by Crippen LogP contribution is -2.42. The highest BCUT2D eigenvalue weighted by Crippen LogP contribution is 2.67. The Kier molecular flexibility index (Phi) is 2.16. The van der Waals surface area contributed by atoms with Crippen molar-refractivity contribution < 1.29 is 15.0 Å². The molecule has 3 atom stereocenters. The van der Waals surface area contributed by atoms with Crippen LogP contribution < -0.4 is 0 Å². The molecule has 100 valence electrons. The minimum absolute atomic E-state index is 0.0252. The van der Waals surface area contributed by atoms with Crippen LogP contribution in [-0.2, 0) is 4.79 Å². The van der Waals surface area contributed by atoms with Gasteiger partial charge in [-0.3, -0.25) is 4.79 Å². The van der Waals surface area contributed by atoms with Crippen LogP contribution in [0, 0.1) is 16.7 Å². The number of carboxylic acid groups (broad SMARTS) is 1. The molecule has 18 heavy (non-hydrogen) atoms. The zero-order valence-corrected chi connectivity index (χ0v) is 11.4. The fourth-order valence-corrected chi connectivity index (χ4v) is 4.53. The molecule has 3 aliphatic carbocycles. The summed E-state index contributed by atoms with van der Waals surface area (Å²) in [4.78, 5) is 11.4. The maximum Gasteiger partial charge on any atom is 0.309 e. The Morgan fingerprint density at radius 1 is 1.28 bits per heavy atom. The highest BCUT2D eigenvalue weighted by Gasteiger charge is 2.63. The van der Waals surface area contributed by atoms with Crippen molar-refractivity contribution in [2.45, 2.75) is 58.5 Å². The van der Waals surface area contributed by atoms with Crippen molar-refractivity contribution in [1.29, 1.82) is 0 Å². The molecule has 0 aliphatic heterocycles. The number of rotatable bonds is 1. The summed E-state index contributed by atoms with van der Waals surface area (Å²) in [5.74, 6) is -0.422. The van der Waals surface area contributed by atoms with E-state index in [0.717, 1.165) is 19.3 Å². The van der Waals surface area contributed by atoms with Crippen molar-refractivity contribution in [2.75, 3.05) is 0 Å². The van der Waals surface area contributed by atoms with E-state index in [0.29, 0.717) is 12.8 Å². The third-order valence-corrected chi connectivity index (χ3v) is 5.91. The molecular weight excluding hydrogens is 228 g/mol. The van der Waals surface area contributed by atoms with Crippen LogP contribution in [0.3, 0.4) is 0 Å². The summed E-state index contributed by atoms with van der Waals surface area (Å²) in [6.07, 6.45) is 4.22. The van der Waals surface area contributed by atoms with Gasteiger partial charge in [-0.05, 0) is 58.8 Å². The molecule has 3 nitrogen and oxygen atoms in total. The quantitative estimate of drug-likeness (QED) is 0.703. The first kappa shape index (κ1) is 12.2. The van der Waals surface area contributed by atoms with Crippen molar-refractivity contribution in [3.8, 4) is 0 Å². The van der Waals surface area contributed by atoms with Gasteiger partial charge >= 0.3 is 5.97 Å². The molecular formula is C15H22O3. The lowest BCUT2D eigenvalue weighted by atomic mass is 9.67. The first-order chi connectivity index (χ1) is 8.22. The minimum atomic E-state index is -0.693. The van der Waals surface area contributed by atoms with E-state index in [-0.39, 0.29) is 11.3 Å². The molecule has 0 radical (unpaired) electrons. The number of allylic oxidation sites excluding steroid dienone is 1. The van der Waals surface area contributed by atoms with E-state index in [1.54, 1.807) is 0 Å². The van der Waals surface area contributed by atoms with Gasteiger partial charge in [-0.1, -0.05) is 11.1 Å². The molecule has 0 aromatic rings. The second kappa shape index (κ2) is 3.19. The molecule has 2 N–H and O–H groups in total. The lowest BCUT2D eigenvalue weighted by Gasteiger charge is -2.42. The number of hydrogen-bond acceptors (Lipinski definition) is 2. The predicted molar refractivity (Wildman–Crippen MR) is 68.1 cm³/mol. The molecule has 0 saturated heterocycles. The van der Waals surface area contributed by atoms with Gasteiger partial charge in [-0.2, -0.15) is 0 Å². The average molecular weight is 250 g/mol. The number of aliphatic carboxylic acids is 1. The minimum Gasteiger partial charge on any atom is -0.481 e. The number of fused-ring (bicyclic) bond motifs is 1. The lowest BCUT2D eigenvalue weighted by molar-refractivity contribution is -0.147. The Balaban J connectivity index is 2.03. The van der Waals surface area contributed by atoms with Gasteiger partial charge in [0.2, 0.25) is 0 Å². The Bertz CT molecular complexity index is 456. The van der Waals surface area contributed by atoms with E-state index < -0.39 is 17.0 Å². The smallest absolute Gasteiger partial charge is 0.309 e. The predicted octanol–water partition coefficient (Wildman–Crippen LogP) is 2.74. The van der Waals surface area contributed by atoms with Gasteiger partial charge in [0.15, 0.2) is 0 Å². The molecule has 3 unspecified atom stereocenters. The topological polar surface area (TPSA) is 57.5 Å². The normalized spacial score (nSPS) is 45.2. The highest BCUT2D eigenvalue weighted by atomic mass is 16.4. The Morgan fingerprint density at radius 3 is 2.39 bits per heavy atom.